The minimum atomic E-state index is 0.325. The molecule has 2 nitrogen and oxygen atoms in total. The summed E-state index contributed by atoms with van der Waals surface area (Å²) in [7, 11) is 2.13. The number of nitrogens with two attached hydrogens (primary N) is 1. The van der Waals surface area contributed by atoms with Gasteiger partial charge in [-0.25, -0.2) is 0 Å². The smallest absolute Gasteiger partial charge is 0.0479 e. The van der Waals surface area contributed by atoms with E-state index in [9.17, 15) is 0 Å². The van der Waals surface area contributed by atoms with E-state index >= 15 is 0 Å². The van der Waals surface area contributed by atoms with Crippen molar-refractivity contribution in [1.29, 1.82) is 0 Å². The van der Waals surface area contributed by atoms with Gasteiger partial charge in [-0.1, -0.05) is 0 Å². The standard InChI is InChI=1S/C12H16N2S2/c1-14(7-10-2-4-15-8-10)12(6-13)11-3-5-16-9-11/h2-5,8-9,12H,6-7,13H2,1H3. The zero-order valence-electron chi connectivity index (χ0n) is 9.30. The van der Waals surface area contributed by atoms with Crippen molar-refractivity contribution in [3.8, 4) is 0 Å². The molecule has 0 bridgehead atoms. The molecule has 2 N–H and O–H groups in total. The van der Waals surface area contributed by atoms with Crippen LogP contribution in [0.1, 0.15) is 17.2 Å². The molecule has 2 aromatic rings. The predicted molar refractivity (Wildman–Crippen MR) is 71.9 cm³/mol. The lowest BCUT2D eigenvalue weighted by atomic mass is 10.1. The Morgan fingerprint density at radius 2 is 2.00 bits per heavy atom. The van der Waals surface area contributed by atoms with Crippen LogP contribution in [-0.2, 0) is 6.54 Å². The van der Waals surface area contributed by atoms with Gasteiger partial charge in [-0.2, -0.15) is 22.7 Å². The third-order valence-electron chi connectivity index (χ3n) is 2.70. The molecule has 2 aromatic heterocycles. The zero-order chi connectivity index (χ0) is 11.4. The predicted octanol–water partition coefficient (Wildman–Crippen LogP) is 2.94. The minimum Gasteiger partial charge on any atom is -0.329 e. The number of nitrogens with zero attached hydrogens (tertiary/aromatic N) is 1. The molecular formula is C12H16N2S2. The van der Waals surface area contributed by atoms with E-state index in [0.717, 1.165) is 6.54 Å². The van der Waals surface area contributed by atoms with Crippen molar-refractivity contribution in [1.82, 2.24) is 4.90 Å². The highest BCUT2D eigenvalue weighted by atomic mass is 32.1. The van der Waals surface area contributed by atoms with Gasteiger partial charge in [0.15, 0.2) is 0 Å². The third kappa shape index (κ3) is 2.71. The van der Waals surface area contributed by atoms with Crippen LogP contribution in [-0.4, -0.2) is 18.5 Å². The van der Waals surface area contributed by atoms with Crippen LogP contribution < -0.4 is 5.73 Å². The number of hydrogen-bond acceptors (Lipinski definition) is 4. The highest BCUT2D eigenvalue weighted by molar-refractivity contribution is 7.08. The van der Waals surface area contributed by atoms with Crippen molar-refractivity contribution in [3.63, 3.8) is 0 Å². The van der Waals surface area contributed by atoms with E-state index in [4.69, 9.17) is 5.73 Å². The molecule has 2 rings (SSSR count). The van der Waals surface area contributed by atoms with Gasteiger partial charge in [0.05, 0.1) is 0 Å². The molecule has 0 aliphatic rings. The molecule has 0 aliphatic carbocycles. The van der Waals surface area contributed by atoms with E-state index in [0.29, 0.717) is 12.6 Å². The molecule has 0 saturated heterocycles. The fraction of sp³-hybridized carbons (Fsp3) is 0.333. The lowest BCUT2D eigenvalue weighted by Gasteiger charge is -2.26. The number of likely N-dealkylation sites (N-methyl/N-ethyl adjacent to an activating group) is 1. The van der Waals surface area contributed by atoms with Crippen LogP contribution in [0.25, 0.3) is 0 Å². The molecule has 0 aliphatic heterocycles. The second kappa shape index (κ2) is 5.59. The summed E-state index contributed by atoms with van der Waals surface area (Å²) in [5.41, 5.74) is 8.55. The van der Waals surface area contributed by atoms with Crippen molar-refractivity contribution < 1.29 is 0 Å². The number of hydrogen-bond donors (Lipinski definition) is 1. The van der Waals surface area contributed by atoms with Crippen molar-refractivity contribution in [2.45, 2.75) is 12.6 Å². The fourth-order valence-electron chi connectivity index (χ4n) is 1.82. The van der Waals surface area contributed by atoms with Crippen LogP contribution in [0.15, 0.2) is 33.7 Å². The van der Waals surface area contributed by atoms with Crippen molar-refractivity contribution in [2.24, 2.45) is 5.73 Å². The van der Waals surface area contributed by atoms with Gasteiger partial charge >= 0.3 is 0 Å². The Balaban J connectivity index is 2.04. The van der Waals surface area contributed by atoms with E-state index in [1.54, 1.807) is 22.7 Å². The first-order valence-corrected chi connectivity index (χ1v) is 7.13. The van der Waals surface area contributed by atoms with Crippen molar-refractivity contribution in [2.75, 3.05) is 13.6 Å². The fourth-order valence-corrected chi connectivity index (χ4v) is 3.18. The Morgan fingerprint density at radius 1 is 1.25 bits per heavy atom. The summed E-state index contributed by atoms with van der Waals surface area (Å²) in [6, 6.07) is 4.65. The summed E-state index contributed by atoms with van der Waals surface area (Å²) < 4.78 is 0. The van der Waals surface area contributed by atoms with Gasteiger partial charge < -0.3 is 5.73 Å². The molecule has 4 heteroatoms. The number of thiophene rings is 2. The van der Waals surface area contributed by atoms with Crippen molar-refractivity contribution in [3.05, 3.63) is 44.8 Å². The molecule has 1 unspecified atom stereocenters. The zero-order valence-corrected chi connectivity index (χ0v) is 10.9. The Labute approximate surface area is 104 Å². The normalized spacial score (nSPS) is 13.2. The molecule has 0 aromatic carbocycles. The Morgan fingerprint density at radius 3 is 2.56 bits per heavy atom. The SMILES string of the molecule is CN(Cc1ccsc1)C(CN)c1ccsc1. The summed E-state index contributed by atoms with van der Waals surface area (Å²) in [6.45, 7) is 1.62. The molecule has 0 amide bonds. The maximum atomic E-state index is 5.86. The van der Waals surface area contributed by atoms with Crippen LogP contribution in [0, 0.1) is 0 Å². The van der Waals surface area contributed by atoms with Gasteiger partial charge in [0.2, 0.25) is 0 Å². The molecular weight excluding hydrogens is 236 g/mol. The summed E-state index contributed by atoms with van der Waals surface area (Å²) in [6.07, 6.45) is 0. The van der Waals surface area contributed by atoms with Crippen LogP contribution in [0.4, 0.5) is 0 Å². The highest BCUT2D eigenvalue weighted by Crippen LogP contribution is 2.22. The van der Waals surface area contributed by atoms with E-state index in [1.807, 2.05) is 0 Å². The highest BCUT2D eigenvalue weighted by Gasteiger charge is 2.15. The third-order valence-corrected chi connectivity index (χ3v) is 4.13. The summed E-state index contributed by atoms with van der Waals surface area (Å²) in [4.78, 5) is 2.31. The minimum absolute atomic E-state index is 0.325. The van der Waals surface area contributed by atoms with Gasteiger partial charge in [-0.3, -0.25) is 4.90 Å². The first kappa shape index (κ1) is 11.8. The van der Waals surface area contributed by atoms with Crippen LogP contribution >= 0.6 is 22.7 Å². The monoisotopic (exact) mass is 252 g/mol. The average molecular weight is 252 g/mol. The van der Waals surface area contributed by atoms with E-state index in [2.05, 4.69) is 45.6 Å². The summed E-state index contributed by atoms with van der Waals surface area (Å²) in [5, 5.41) is 8.60. The van der Waals surface area contributed by atoms with Gasteiger partial charge in [0.25, 0.3) is 0 Å². The molecule has 1 atom stereocenters. The molecule has 0 fully saturated rings. The van der Waals surface area contributed by atoms with Gasteiger partial charge in [-0.05, 0) is 51.8 Å². The van der Waals surface area contributed by atoms with Crippen LogP contribution in [0.3, 0.4) is 0 Å². The van der Waals surface area contributed by atoms with Gasteiger partial charge in [-0.15, -0.1) is 0 Å². The maximum Gasteiger partial charge on any atom is 0.0479 e. The molecule has 0 spiro atoms. The van der Waals surface area contributed by atoms with Crippen molar-refractivity contribution >= 4 is 22.7 Å². The van der Waals surface area contributed by atoms with Crippen LogP contribution in [0.5, 0.6) is 0 Å². The Bertz CT molecular complexity index is 395. The lowest BCUT2D eigenvalue weighted by molar-refractivity contribution is 0.242. The Kier molecular flexibility index (Phi) is 4.12. The first-order valence-electron chi connectivity index (χ1n) is 5.24. The lowest BCUT2D eigenvalue weighted by Crippen LogP contribution is -2.29. The van der Waals surface area contributed by atoms with E-state index in [1.165, 1.54) is 11.1 Å². The van der Waals surface area contributed by atoms with Gasteiger partial charge in [0, 0.05) is 19.1 Å². The Hall–Kier alpha value is -0.680. The topological polar surface area (TPSA) is 29.3 Å². The second-order valence-electron chi connectivity index (χ2n) is 3.85. The maximum absolute atomic E-state index is 5.86. The molecule has 0 saturated carbocycles. The molecule has 2 heterocycles. The second-order valence-corrected chi connectivity index (χ2v) is 5.41. The number of rotatable bonds is 5. The summed E-state index contributed by atoms with van der Waals surface area (Å²) in [5.74, 6) is 0. The molecule has 86 valence electrons. The first-order chi connectivity index (χ1) is 7.81. The van der Waals surface area contributed by atoms with Crippen LogP contribution in [0.2, 0.25) is 0 Å². The average Bonchev–Trinajstić information content (AvgIpc) is 2.91. The molecule has 16 heavy (non-hydrogen) atoms. The van der Waals surface area contributed by atoms with E-state index in [-0.39, 0.29) is 0 Å². The molecule has 0 radical (unpaired) electrons. The van der Waals surface area contributed by atoms with E-state index < -0.39 is 0 Å². The largest absolute Gasteiger partial charge is 0.329 e. The van der Waals surface area contributed by atoms with Gasteiger partial charge in [0.1, 0.15) is 0 Å². The summed E-state index contributed by atoms with van der Waals surface area (Å²) >= 11 is 3.47. The quantitative estimate of drug-likeness (QED) is 0.886.